The molecule has 1 aliphatic rings. The minimum atomic E-state index is -0.321. The molecule has 5 heteroatoms. The van der Waals surface area contributed by atoms with Crippen molar-refractivity contribution in [2.75, 3.05) is 19.7 Å². The van der Waals surface area contributed by atoms with Crippen LogP contribution in [-0.4, -0.2) is 31.6 Å². The van der Waals surface area contributed by atoms with Gasteiger partial charge in [0, 0.05) is 17.6 Å². The summed E-state index contributed by atoms with van der Waals surface area (Å²) in [6.07, 6.45) is -0.321. The molecular weight excluding hydrogens is 266 g/mol. The van der Waals surface area contributed by atoms with Crippen LogP contribution in [0.4, 0.5) is 0 Å². The fourth-order valence-electron chi connectivity index (χ4n) is 1.35. The average molecular weight is 276 g/mol. The van der Waals surface area contributed by atoms with Gasteiger partial charge in [-0.15, -0.1) is 11.3 Å². The zero-order chi connectivity index (χ0) is 9.97. The monoisotopic (exact) mass is 275 g/mol. The fraction of sp³-hybridized carbons (Fsp3) is 0.444. The summed E-state index contributed by atoms with van der Waals surface area (Å²) in [5.41, 5.74) is 0. The highest BCUT2D eigenvalue weighted by Gasteiger charge is 2.25. The standard InChI is InChI=1S/C9H10BrNO2S/c10-6-1-4-14-9(6)8(12)7-5-11-2-3-13-7/h1,4,7,11H,2-3,5H2. The predicted octanol–water partition coefficient (Wildman–Crippen LogP) is 1.68. The fourth-order valence-corrected chi connectivity index (χ4v) is 2.90. The van der Waals surface area contributed by atoms with Crippen LogP contribution >= 0.6 is 27.3 Å². The molecule has 76 valence electrons. The van der Waals surface area contributed by atoms with Crippen molar-refractivity contribution in [1.82, 2.24) is 5.32 Å². The maximum Gasteiger partial charge on any atom is 0.203 e. The van der Waals surface area contributed by atoms with Crippen molar-refractivity contribution in [2.45, 2.75) is 6.10 Å². The third kappa shape index (κ3) is 2.06. The highest BCUT2D eigenvalue weighted by atomic mass is 79.9. The second-order valence-corrected chi connectivity index (χ2v) is 4.80. The van der Waals surface area contributed by atoms with Crippen molar-refractivity contribution in [3.05, 3.63) is 20.8 Å². The number of carbonyl (C=O) groups excluding carboxylic acids is 1. The molecule has 1 aromatic rings. The van der Waals surface area contributed by atoms with Crippen LogP contribution < -0.4 is 5.32 Å². The van der Waals surface area contributed by atoms with E-state index < -0.39 is 0 Å². The summed E-state index contributed by atoms with van der Waals surface area (Å²) in [5, 5.41) is 5.04. The second-order valence-electron chi connectivity index (χ2n) is 3.03. The summed E-state index contributed by atoms with van der Waals surface area (Å²) >= 11 is 4.79. The Kier molecular flexibility index (Phi) is 3.33. The number of carbonyl (C=O) groups is 1. The van der Waals surface area contributed by atoms with Crippen LogP contribution in [0.1, 0.15) is 9.67 Å². The van der Waals surface area contributed by atoms with Crippen LogP contribution in [0.15, 0.2) is 15.9 Å². The first-order valence-corrected chi connectivity index (χ1v) is 6.06. The first-order valence-electron chi connectivity index (χ1n) is 4.38. The number of rotatable bonds is 2. The van der Waals surface area contributed by atoms with Crippen LogP contribution in [0.2, 0.25) is 0 Å². The molecule has 0 radical (unpaired) electrons. The van der Waals surface area contributed by atoms with Gasteiger partial charge in [0.25, 0.3) is 0 Å². The second kappa shape index (κ2) is 4.53. The van der Waals surface area contributed by atoms with Crippen molar-refractivity contribution in [2.24, 2.45) is 0 Å². The lowest BCUT2D eigenvalue weighted by molar-refractivity contribution is 0.0272. The van der Waals surface area contributed by atoms with Crippen molar-refractivity contribution in [3.8, 4) is 0 Å². The van der Waals surface area contributed by atoms with Gasteiger partial charge in [-0.1, -0.05) is 0 Å². The zero-order valence-corrected chi connectivity index (χ0v) is 9.86. The third-order valence-electron chi connectivity index (χ3n) is 2.06. The molecule has 1 N–H and O–H groups in total. The quantitative estimate of drug-likeness (QED) is 0.835. The van der Waals surface area contributed by atoms with E-state index in [-0.39, 0.29) is 11.9 Å². The molecule has 0 bridgehead atoms. The Bertz CT molecular complexity index is 333. The molecule has 0 aliphatic carbocycles. The van der Waals surface area contributed by atoms with E-state index in [2.05, 4.69) is 21.2 Å². The lowest BCUT2D eigenvalue weighted by Crippen LogP contribution is -2.42. The maximum absolute atomic E-state index is 11.9. The van der Waals surface area contributed by atoms with Crippen molar-refractivity contribution in [3.63, 3.8) is 0 Å². The van der Waals surface area contributed by atoms with E-state index >= 15 is 0 Å². The maximum atomic E-state index is 11.9. The van der Waals surface area contributed by atoms with Gasteiger partial charge in [0.2, 0.25) is 5.78 Å². The summed E-state index contributed by atoms with van der Waals surface area (Å²) in [6, 6.07) is 1.88. The molecule has 0 aromatic carbocycles. The van der Waals surface area contributed by atoms with Gasteiger partial charge in [-0.3, -0.25) is 4.79 Å². The predicted molar refractivity (Wildman–Crippen MR) is 59.0 cm³/mol. The molecule has 3 nitrogen and oxygen atoms in total. The molecule has 1 saturated heterocycles. The summed E-state index contributed by atoms with van der Waals surface area (Å²) in [4.78, 5) is 12.6. The normalized spacial score (nSPS) is 22.2. The molecule has 0 amide bonds. The van der Waals surface area contributed by atoms with E-state index in [0.717, 1.165) is 15.9 Å². The molecule has 0 saturated carbocycles. The number of ether oxygens (including phenoxy) is 1. The van der Waals surface area contributed by atoms with Gasteiger partial charge in [-0.2, -0.15) is 0 Å². The van der Waals surface area contributed by atoms with Crippen molar-refractivity contribution >= 4 is 33.0 Å². The number of morpholine rings is 1. The lowest BCUT2D eigenvalue weighted by atomic mass is 10.2. The molecule has 0 spiro atoms. The smallest absolute Gasteiger partial charge is 0.203 e. The molecule has 1 aromatic heterocycles. The summed E-state index contributed by atoms with van der Waals surface area (Å²) < 4.78 is 6.25. The van der Waals surface area contributed by atoms with E-state index in [4.69, 9.17) is 4.74 Å². The summed E-state index contributed by atoms with van der Waals surface area (Å²) in [7, 11) is 0. The molecule has 1 aliphatic heterocycles. The zero-order valence-electron chi connectivity index (χ0n) is 7.46. The highest BCUT2D eigenvalue weighted by molar-refractivity contribution is 9.10. The molecule has 14 heavy (non-hydrogen) atoms. The number of nitrogens with one attached hydrogen (secondary N) is 1. The van der Waals surface area contributed by atoms with Crippen LogP contribution in [0, 0.1) is 0 Å². The van der Waals surface area contributed by atoms with Gasteiger partial charge in [0.05, 0.1) is 11.5 Å². The van der Waals surface area contributed by atoms with Gasteiger partial charge in [-0.05, 0) is 27.4 Å². The highest BCUT2D eigenvalue weighted by Crippen LogP contribution is 2.24. The Morgan fingerprint density at radius 2 is 2.57 bits per heavy atom. The summed E-state index contributed by atoms with van der Waals surface area (Å²) in [5.74, 6) is 0.0686. The van der Waals surface area contributed by atoms with Gasteiger partial charge in [-0.25, -0.2) is 0 Å². The van der Waals surface area contributed by atoms with E-state index in [1.165, 1.54) is 11.3 Å². The van der Waals surface area contributed by atoms with Gasteiger partial charge in [0.1, 0.15) is 6.10 Å². The molecular formula is C9H10BrNO2S. The first kappa shape index (κ1) is 10.3. The van der Waals surface area contributed by atoms with Crippen LogP contribution in [-0.2, 0) is 4.74 Å². The van der Waals surface area contributed by atoms with Crippen LogP contribution in [0.5, 0.6) is 0 Å². The number of ketones is 1. The Morgan fingerprint density at radius 3 is 3.14 bits per heavy atom. The molecule has 2 heterocycles. The Hall–Kier alpha value is -0.230. The van der Waals surface area contributed by atoms with Gasteiger partial charge >= 0.3 is 0 Å². The minimum absolute atomic E-state index is 0.0686. The number of thiophene rings is 1. The van der Waals surface area contributed by atoms with E-state index in [1.807, 2.05) is 11.4 Å². The Morgan fingerprint density at radius 1 is 1.71 bits per heavy atom. The average Bonchev–Trinajstić information content (AvgIpc) is 2.65. The van der Waals surface area contributed by atoms with Gasteiger partial charge < -0.3 is 10.1 Å². The SMILES string of the molecule is O=C(c1sccc1Br)C1CNCCO1. The minimum Gasteiger partial charge on any atom is -0.367 e. The molecule has 2 rings (SSSR count). The van der Waals surface area contributed by atoms with Crippen molar-refractivity contribution < 1.29 is 9.53 Å². The molecule has 1 fully saturated rings. The van der Waals surface area contributed by atoms with E-state index in [9.17, 15) is 4.79 Å². The van der Waals surface area contributed by atoms with Crippen LogP contribution in [0.25, 0.3) is 0 Å². The number of Topliss-reactive ketones (excluding diaryl/α,β-unsaturated/α-hetero) is 1. The van der Waals surface area contributed by atoms with Crippen molar-refractivity contribution in [1.29, 1.82) is 0 Å². The number of hydrogen-bond acceptors (Lipinski definition) is 4. The topological polar surface area (TPSA) is 38.3 Å². The van der Waals surface area contributed by atoms with Gasteiger partial charge in [0.15, 0.2) is 0 Å². The Balaban J connectivity index is 2.11. The molecule has 1 atom stereocenters. The molecule has 1 unspecified atom stereocenters. The first-order chi connectivity index (χ1) is 6.79. The lowest BCUT2D eigenvalue weighted by Gasteiger charge is -2.21. The van der Waals surface area contributed by atoms with E-state index in [0.29, 0.717) is 13.2 Å². The summed E-state index contributed by atoms with van der Waals surface area (Å²) in [6.45, 7) is 2.05. The third-order valence-corrected chi connectivity index (χ3v) is 3.91. The number of halogens is 1. The van der Waals surface area contributed by atoms with E-state index in [1.54, 1.807) is 0 Å². The van der Waals surface area contributed by atoms with Crippen LogP contribution in [0.3, 0.4) is 0 Å². The number of hydrogen-bond donors (Lipinski definition) is 1. The largest absolute Gasteiger partial charge is 0.367 e. The Labute approximate surface area is 94.6 Å².